The zero-order chi connectivity index (χ0) is 13.8. The standard InChI is InChI=1S/C13H13N3O2S/c1-8-7-14-13(19-8)16-12(18)15-11-5-3-10(4-6-11)9(2)17/h3-7H,1-2H3,(H2,14,15,16,18). The second-order valence-electron chi connectivity index (χ2n) is 3.99. The van der Waals surface area contributed by atoms with Gasteiger partial charge >= 0.3 is 6.03 Å². The van der Waals surface area contributed by atoms with Crippen molar-refractivity contribution in [2.75, 3.05) is 10.6 Å². The van der Waals surface area contributed by atoms with Gasteiger partial charge in [-0.1, -0.05) is 0 Å². The Morgan fingerprint density at radius 1 is 1.16 bits per heavy atom. The van der Waals surface area contributed by atoms with Gasteiger partial charge in [-0.3, -0.25) is 10.1 Å². The lowest BCUT2D eigenvalue weighted by Crippen LogP contribution is -2.19. The van der Waals surface area contributed by atoms with Crippen LogP contribution in [0.5, 0.6) is 0 Å². The maximum absolute atomic E-state index is 11.7. The zero-order valence-corrected chi connectivity index (χ0v) is 11.4. The van der Waals surface area contributed by atoms with Gasteiger partial charge in [0.05, 0.1) is 0 Å². The lowest BCUT2D eigenvalue weighted by atomic mass is 10.1. The SMILES string of the molecule is CC(=O)c1ccc(NC(=O)Nc2ncc(C)s2)cc1. The first-order chi connectivity index (χ1) is 9.04. The Balaban J connectivity index is 1.97. The van der Waals surface area contributed by atoms with E-state index in [2.05, 4.69) is 15.6 Å². The van der Waals surface area contributed by atoms with Crippen LogP contribution >= 0.6 is 11.3 Å². The van der Waals surface area contributed by atoms with Crippen molar-refractivity contribution in [2.24, 2.45) is 0 Å². The third kappa shape index (κ3) is 3.62. The molecular weight excluding hydrogens is 262 g/mol. The Labute approximate surface area is 114 Å². The van der Waals surface area contributed by atoms with Gasteiger partial charge in [0.25, 0.3) is 0 Å². The highest BCUT2D eigenvalue weighted by atomic mass is 32.1. The molecule has 0 saturated heterocycles. The number of aromatic nitrogens is 1. The molecule has 6 heteroatoms. The van der Waals surface area contributed by atoms with Gasteiger partial charge in [0, 0.05) is 22.3 Å². The number of hydrogen-bond donors (Lipinski definition) is 2. The fourth-order valence-electron chi connectivity index (χ4n) is 1.46. The molecule has 0 saturated carbocycles. The van der Waals surface area contributed by atoms with Crippen molar-refractivity contribution in [3.8, 4) is 0 Å². The van der Waals surface area contributed by atoms with Crippen LogP contribution in [-0.2, 0) is 0 Å². The average Bonchev–Trinajstić information content (AvgIpc) is 2.75. The molecule has 0 unspecified atom stereocenters. The number of nitrogens with one attached hydrogen (secondary N) is 2. The summed E-state index contributed by atoms with van der Waals surface area (Å²) in [5, 5.41) is 5.86. The number of carbonyl (C=O) groups excluding carboxylic acids is 2. The fraction of sp³-hybridized carbons (Fsp3) is 0.154. The van der Waals surface area contributed by atoms with E-state index in [0.29, 0.717) is 16.4 Å². The van der Waals surface area contributed by atoms with Crippen LogP contribution in [-0.4, -0.2) is 16.8 Å². The van der Waals surface area contributed by atoms with Crippen molar-refractivity contribution >= 4 is 34.0 Å². The van der Waals surface area contributed by atoms with Crippen LogP contribution in [0, 0.1) is 6.92 Å². The minimum absolute atomic E-state index is 0.00531. The molecule has 2 amide bonds. The highest BCUT2D eigenvalue weighted by Crippen LogP contribution is 2.17. The molecule has 0 atom stereocenters. The van der Waals surface area contributed by atoms with Gasteiger partial charge in [-0.2, -0.15) is 0 Å². The first-order valence-corrected chi connectivity index (χ1v) is 6.47. The van der Waals surface area contributed by atoms with Gasteiger partial charge in [0.2, 0.25) is 0 Å². The summed E-state index contributed by atoms with van der Waals surface area (Å²) in [6, 6.07) is 6.36. The molecular formula is C13H13N3O2S. The molecule has 19 heavy (non-hydrogen) atoms. The Bertz CT molecular complexity index is 605. The van der Waals surface area contributed by atoms with E-state index in [4.69, 9.17) is 0 Å². The Morgan fingerprint density at radius 3 is 2.37 bits per heavy atom. The molecule has 1 aromatic heterocycles. The topological polar surface area (TPSA) is 71.1 Å². The summed E-state index contributed by atoms with van der Waals surface area (Å²) in [5.41, 5.74) is 1.23. The minimum atomic E-state index is -0.357. The number of amides is 2. The van der Waals surface area contributed by atoms with Crippen molar-refractivity contribution in [2.45, 2.75) is 13.8 Å². The highest BCUT2D eigenvalue weighted by molar-refractivity contribution is 7.15. The summed E-state index contributed by atoms with van der Waals surface area (Å²) in [6.45, 7) is 3.42. The largest absolute Gasteiger partial charge is 0.325 e. The van der Waals surface area contributed by atoms with Gasteiger partial charge in [0.1, 0.15) is 0 Å². The van der Waals surface area contributed by atoms with Crippen molar-refractivity contribution in [1.29, 1.82) is 0 Å². The quantitative estimate of drug-likeness (QED) is 0.844. The van der Waals surface area contributed by atoms with Crippen LogP contribution in [0.2, 0.25) is 0 Å². The highest BCUT2D eigenvalue weighted by Gasteiger charge is 2.06. The number of thiazole rings is 1. The smallest absolute Gasteiger partial charge is 0.308 e. The summed E-state index contributed by atoms with van der Waals surface area (Å²) in [5.74, 6) is -0.00531. The number of benzene rings is 1. The number of urea groups is 1. The van der Waals surface area contributed by atoms with Crippen molar-refractivity contribution in [3.63, 3.8) is 0 Å². The fourth-order valence-corrected chi connectivity index (χ4v) is 2.12. The Hall–Kier alpha value is -2.21. The van der Waals surface area contributed by atoms with Crippen LogP contribution < -0.4 is 10.6 Å². The predicted molar refractivity (Wildman–Crippen MR) is 75.9 cm³/mol. The molecule has 0 spiro atoms. The summed E-state index contributed by atoms with van der Waals surface area (Å²) in [6.07, 6.45) is 1.70. The van der Waals surface area contributed by atoms with Crippen LogP contribution in [0.3, 0.4) is 0 Å². The summed E-state index contributed by atoms with van der Waals surface area (Å²) in [4.78, 5) is 27.9. The third-order valence-corrected chi connectivity index (χ3v) is 3.22. The molecule has 1 heterocycles. The van der Waals surface area contributed by atoms with Gasteiger partial charge in [-0.05, 0) is 38.1 Å². The molecule has 0 bridgehead atoms. The first kappa shape index (κ1) is 13.2. The van der Waals surface area contributed by atoms with E-state index in [1.807, 2.05) is 6.92 Å². The van der Waals surface area contributed by atoms with Crippen LogP contribution in [0.4, 0.5) is 15.6 Å². The van der Waals surface area contributed by atoms with Crippen LogP contribution in [0.1, 0.15) is 22.2 Å². The average molecular weight is 275 g/mol. The van der Waals surface area contributed by atoms with Crippen LogP contribution in [0.25, 0.3) is 0 Å². The molecule has 98 valence electrons. The Morgan fingerprint density at radius 2 is 1.84 bits per heavy atom. The summed E-state index contributed by atoms with van der Waals surface area (Å²) in [7, 11) is 0. The number of nitrogens with zero attached hydrogens (tertiary/aromatic N) is 1. The van der Waals surface area contributed by atoms with E-state index in [-0.39, 0.29) is 11.8 Å². The molecule has 0 aliphatic rings. The number of hydrogen-bond acceptors (Lipinski definition) is 4. The number of carbonyl (C=O) groups is 2. The summed E-state index contributed by atoms with van der Waals surface area (Å²) >= 11 is 1.41. The van der Waals surface area contributed by atoms with E-state index >= 15 is 0 Å². The molecule has 2 rings (SSSR count). The van der Waals surface area contributed by atoms with E-state index < -0.39 is 0 Å². The second kappa shape index (κ2) is 5.62. The molecule has 0 aliphatic heterocycles. The molecule has 2 aromatic rings. The monoisotopic (exact) mass is 275 g/mol. The Kier molecular flexibility index (Phi) is 3.91. The molecule has 5 nitrogen and oxygen atoms in total. The minimum Gasteiger partial charge on any atom is -0.308 e. The van der Waals surface area contributed by atoms with Crippen LogP contribution in [0.15, 0.2) is 30.5 Å². The number of Topliss-reactive ketones (excluding diaryl/α,β-unsaturated/α-hetero) is 1. The lowest BCUT2D eigenvalue weighted by molar-refractivity contribution is 0.101. The predicted octanol–water partition coefficient (Wildman–Crippen LogP) is 3.30. The first-order valence-electron chi connectivity index (χ1n) is 5.66. The third-order valence-electron chi connectivity index (χ3n) is 2.39. The zero-order valence-electron chi connectivity index (χ0n) is 10.6. The van der Waals surface area contributed by atoms with Crippen molar-refractivity contribution < 1.29 is 9.59 Å². The number of ketones is 1. The molecule has 0 fully saturated rings. The van der Waals surface area contributed by atoms with Gasteiger partial charge in [-0.15, -0.1) is 11.3 Å². The van der Waals surface area contributed by atoms with Gasteiger partial charge in [0.15, 0.2) is 10.9 Å². The van der Waals surface area contributed by atoms with E-state index in [1.165, 1.54) is 18.3 Å². The van der Waals surface area contributed by atoms with Crippen molar-refractivity contribution in [1.82, 2.24) is 4.98 Å². The molecule has 1 aromatic carbocycles. The second-order valence-corrected chi connectivity index (χ2v) is 5.22. The number of rotatable bonds is 3. The summed E-state index contributed by atoms with van der Waals surface area (Å²) < 4.78 is 0. The van der Waals surface area contributed by atoms with E-state index in [0.717, 1.165) is 4.88 Å². The molecule has 2 N–H and O–H groups in total. The maximum atomic E-state index is 11.7. The normalized spacial score (nSPS) is 10.0. The van der Waals surface area contributed by atoms with E-state index in [1.54, 1.807) is 30.5 Å². The van der Waals surface area contributed by atoms with E-state index in [9.17, 15) is 9.59 Å². The number of aryl methyl sites for hydroxylation is 1. The lowest BCUT2D eigenvalue weighted by Gasteiger charge is -2.05. The van der Waals surface area contributed by atoms with Crippen molar-refractivity contribution in [3.05, 3.63) is 40.9 Å². The molecule has 0 radical (unpaired) electrons. The number of anilines is 2. The van der Waals surface area contributed by atoms with Gasteiger partial charge in [-0.25, -0.2) is 9.78 Å². The maximum Gasteiger partial charge on any atom is 0.325 e. The van der Waals surface area contributed by atoms with Gasteiger partial charge < -0.3 is 5.32 Å². The molecule has 0 aliphatic carbocycles.